The molecule has 0 radical (unpaired) electrons. The first-order valence-electron chi connectivity index (χ1n) is 4.21. The monoisotopic (exact) mass is 200 g/mol. The Morgan fingerprint density at radius 1 is 1.69 bits per heavy atom. The zero-order chi connectivity index (χ0) is 10.5. The molecule has 1 unspecified atom stereocenters. The van der Waals surface area contributed by atoms with E-state index in [1.54, 1.807) is 0 Å². The van der Waals surface area contributed by atoms with Crippen LogP contribution in [0, 0.1) is 10.7 Å². The summed E-state index contributed by atoms with van der Waals surface area (Å²) in [6.07, 6.45) is 0.796. The molecule has 1 N–H and O–H groups in total. The Bertz CT molecular complexity index is 220. The summed E-state index contributed by atoms with van der Waals surface area (Å²) < 4.78 is -0.101. The zero-order valence-corrected chi connectivity index (χ0v) is 9.36. The summed E-state index contributed by atoms with van der Waals surface area (Å²) in [6, 6.07) is 0.119. The first kappa shape index (κ1) is 12.3. The summed E-state index contributed by atoms with van der Waals surface area (Å²) in [5, 5.41) is 13.4. The van der Waals surface area contributed by atoms with Crippen LogP contribution in [0.25, 0.3) is 0 Å². The van der Waals surface area contributed by atoms with Crippen molar-refractivity contribution in [2.75, 3.05) is 0 Å². The summed E-state index contributed by atoms with van der Waals surface area (Å²) >= 11 is 1.24. The first-order chi connectivity index (χ1) is 5.87. The fourth-order valence-corrected chi connectivity index (χ4v) is 1.88. The Labute approximate surface area is 83.9 Å². The molecule has 0 heterocycles. The number of thiocyanates is 1. The number of amides is 1. The predicted octanol–water partition coefficient (Wildman–Crippen LogP) is 1.89. The van der Waals surface area contributed by atoms with Crippen molar-refractivity contribution in [1.29, 1.82) is 5.26 Å². The maximum Gasteiger partial charge on any atom is 0.217 e. The molecule has 0 spiro atoms. The van der Waals surface area contributed by atoms with E-state index in [1.165, 1.54) is 18.7 Å². The van der Waals surface area contributed by atoms with Crippen LogP contribution in [0.4, 0.5) is 0 Å². The molecule has 0 aromatic heterocycles. The fourth-order valence-electron chi connectivity index (χ4n) is 1.30. The predicted molar refractivity (Wildman–Crippen MR) is 55.2 cm³/mol. The number of carbonyl (C=O) groups is 1. The van der Waals surface area contributed by atoms with E-state index < -0.39 is 0 Å². The van der Waals surface area contributed by atoms with E-state index in [4.69, 9.17) is 5.26 Å². The van der Waals surface area contributed by atoms with Gasteiger partial charge in [0.2, 0.25) is 5.91 Å². The van der Waals surface area contributed by atoms with Gasteiger partial charge >= 0.3 is 0 Å². The van der Waals surface area contributed by atoms with Gasteiger partial charge in [0.1, 0.15) is 5.40 Å². The first-order valence-corrected chi connectivity index (χ1v) is 5.03. The number of nitrogens with one attached hydrogen (secondary N) is 1. The summed E-state index contributed by atoms with van der Waals surface area (Å²) in [5.74, 6) is -0.0229. The minimum atomic E-state index is -0.101. The smallest absolute Gasteiger partial charge is 0.217 e. The molecule has 0 bridgehead atoms. The van der Waals surface area contributed by atoms with Crippen molar-refractivity contribution in [2.24, 2.45) is 0 Å². The molecule has 0 aromatic rings. The van der Waals surface area contributed by atoms with Crippen molar-refractivity contribution in [3.05, 3.63) is 0 Å². The Hall–Kier alpha value is -0.690. The molecule has 3 nitrogen and oxygen atoms in total. The SMILES string of the molecule is CC(=O)NC(C)CC(C)(C)SC#N. The molecule has 0 aromatic carbocycles. The topological polar surface area (TPSA) is 52.9 Å². The minimum absolute atomic E-state index is 0.0229. The number of nitriles is 1. The molecular weight excluding hydrogens is 184 g/mol. The molecule has 1 atom stereocenters. The van der Waals surface area contributed by atoms with Crippen molar-refractivity contribution in [2.45, 2.75) is 44.9 Å². The average molecular weight is 200 g/mol. The standard InChI is InChI=1S/C9H16N2OS/c1-7(11-8(2)12)5-9(3,4)13-6-10/h7H,5H2,1-4H3,(H,11,12). The van der Waals surface area contributed by atoms with Crippen molar-refractivity contribution < 1.29 is 4.79 Å². The average Bonchev–Trinajstić information content (AvgIpc) is 1.81. The lowest BCUT2D eigenvalue weighted by molar-refractivity contribution is -0.119. The van der Waals surface area contributed by atoms with E-state index >= 15 is 0 Å². The van der Waals surface area contributed by atoms with Gasteiger partial charge < -0.3 is 5.32 Å². The highest BCUT2D eigenvalue weighted by atomic mass is 32.2. The molecule has 0 aliphatic rings. The van der Waals surface area contributed by atoms with Crippen molar-refractivity contribution in [3.8, 4) is 5.40 Å². The van der Waals surface area contributed by atoms with Gasteiger partial charge in [0, 0.05) is 17.7 Å². The van der Waals surface area contributed by atoms with Crippen LogP contribution in [0.3, 0.4) is 0 Å². The molecule has 4 heteroatoms. The maximum atomic E-state index is 10.7. The quantitative estimate of drug-likeness (QED) is 0.705. The van der Waals surface area contributed by atoms with Gasteiger partial charge in [0.05, 0.1) is 0 Å². The van der Waals surface area contributed by atoms with Gasteiger partial charge in [-0.1, -0.05) is 0 Å². The number of hydrogen-bond donors (Lipinski definition) is 1. The van der Waals surface area contributed by atoms with Gasteiger partial charge in [-0.15, -0.1) is 0 Å². The van der Waals surface area contributed by atoms with Crippen molar-refractivity contribution in [1.82, 2.24) is 5.32 Å². The number of carbonyl (C=O) groups excluding carboxylic acids is 1. The fraction of sp³-hybridized carbons (Fsp3) is 0.778. The van der Waals surface area contributed by atoms with Crippen LogP contribution in [0.15, 0.2) is 0 Å². The summed E-state index contributed by atoms with van der Waals surface area (Å²) in [7, 11) is 0. The largest absolute Gasteiger partial charge is 0.354 e. The summed E-state index contributed by atoms with van der Waals surface area (Å²) in [5.41, 5.74) is 0. The van der Waals surface area contributed by atoms with Crippen LogP contribution in [0.2, 0.25) is 0 Å². The lowest BCUT2D eigenvalue weighted by atomic mass is 10.0. The third-order valence-corrected chi connectivity index (χ3v) is 2.38. The second-order valence-electron chi connectivity index (χ2n) is 3.76. The number of hydrogen-bond acceptors (Lipinski definition) is 3. The third-order valence-electron chi connectivity index (χ3n) is 1.57. The number of nitrogens with zero attached hydrogens (tertiary/aromatic N) is 1. The lowest BCUT2D eigenvalue weighted by Crippen LogP contribution is -2.35. The highest BCUT2D eigenvalue weighted by Gasteiger charge is 2.22. The van der Waals surface area contributed by atoms with Gasteiger partial charge in [0.25, 0.3) is 0 Å². The Morgan fingerprint density at radius 3 is 2.62 bits per heavy atom. The van der Waals surface area contributed by atoms with Crippen molar-refractivity contribution in [3.63, 3.8) is 0 Å². The highest BCUT2D eigenvalue weighted by Crippen LogP contribution is 2.28. The molecule has 1 amide bonds. The minimum Gasteiger partial charge on any atom is -0.354 e. The lowest BCUT2D eigenvalue weighted by Gasteiger charge is -2.24. The van der Waals surface area contributed by atoms with E-state index in [2.05, 4.69) is 10.7 Å². The third kappa shape index (κ3) is 6.47. The summed E-state index contributed by atoms with van der Waals surface area (Å²) in [4.78, 5) is 10.7. The van der Waals surface area contributed by atoms with E-state index in [-0.39, 0.29) is 16.7 Å². The number of thioether (sulfide) groups is 1. The second-order valence-corrected chi connectivity index (χ2v) is 5.25. The second kappa shape index (κ2) is 5.13. The molecular formula is C9H16N2OS. The normalized spacial score (nSPS) is 13.2. The van der Waals surface area contributed by atoms with Gasteiger partial charge in [-0.25, -0.2) is 0 Å². The van der Waals surface area contributed by atoms with Crippen LogP contribution < -0.4 is 5.32 Å². The Balaban J connectivity index is 3.97. The van der Waals surface area contributed by atoms with Gasteiger partial charge in [-0.05, 0) is 39.0 Å². The van der Waals surface area contributed by atoms with Crippen LogP contribution in [0.1, 0.15) is 34.1 Å². The van der Waals surface area contributed by atoms with Crippen LogP contribution in [0.5, 0.6) is 0 Å². The van der Waals surface area contributed by atoms with E-state index in [9.17, 15) is 4.79 Å². The Kier molecular flexibility index (Phi) is 4.86. The molecule has 13 heavy (non-hydrogen) atoms. The molecule has 0 rings (SSSR count). The number of rotatable bonds is 4. The zero-order valence-electron chi connectivity index (χ0n) is 8.55. The Morgan fingerprint density at radius 2 is 2.23 bits per heavy atom. The molecule has 0 aliphatic carbocycles. The van der Waals surface area contributed by atoms with Crippen LogP contribution in [-0.2, 0) is 4.79 Å². The van der Waals surface area contributed by atoms with Crippen LogP contribution >= 0.6 is 11.8 Å². The van der Waals surface area contributed by atoms with Crippen LogP contribution in [-0.4, -0.2) is 16.7 Å². The van der Waals surface area contributed by atoms with E-state index in [0.717, 1.165) is 6.42 Å². The highest BCUT2D eigenvalue weighted by molar-refractivity contribution is 8.04. The van der Waals surface area contributed by atoms with E-state index in [1.807, 2.05) is 20.8 Å². The molecule has 0 saturated carbocycles. The molecule has 0 saturated heterocycles. The van der Waals surface area contributed by atoms with E-state index in [0.29, 0.717) is 0 Å². The molecule has 0 fully saturated rings. The van der Waals surface area contributed by atoms with Gasteiger partial charge in [-0.3, -0.25) is 4.79 Å². The van der Waals surface area contributed by atoms with Gasteiger partial charge in [0.15, 0.2) is 0 Å². The maximum absolute atomic E-state index is 10.7. The van der Waals surface area contributed by atoms with Gasteiger partial charge in [-0.2, -0.15) is 5.26 Å². The van der Waals surface area contributed by atoms with Crippen molar-refractivity contribution >= 4 is 17.7 Å². The molecule has 0 aliphatic heterocycles. The molecule has 74 valence electrons. The summed E-state index contributed by atoms with van der Waals surface area (Å²) in [6.45, 7) is 7.44.